The number of likely N-dealkylation sites (tertiary alicyclic amines) is 1. The zero-order chi connectivity index (χ0) is 10.4. The van der Waals surface area contributed by atoms with Crippen LogP contribution in [0.5, 0.6) is 0 Å². The topological polar surface area (TPSA) is 24.5 Å². The minimum absolute atomic E-state index is 0.463. The third kappa shape index (κ3) is 3.95. The third-order valence-corrected chi connectivity index (χ3v) is 2.94. The molecule has 0 amide bonds. The minimum Gasteiger partial charge on any atom is -0.383 e. The van der Waals surface area contributed by atoms with Gasteiger partial charge in [-0.25, -0.2) is 0 Å². The van der Waals surface area contributed by atoms with Crippen LogP contribution in [-0.4, -0.2) is 50.3 Å². The molecule has 1 N–H and O–H groups in total. The van der Waals surface area contributed by atoms with Crippen molar-refractivity contribution in [2.45, 2.75) is 38.8 Å². The number of nitrogens with one attached hydrogen (secondary N) is 1. The molecule has 1 fully saturated rings. The van der Waals surface area contributed by atoms with E-state index in [9.17, 15) is 0 Å². The van der Waals surface area contributed by atoms with E-state index in [4.69, 9.17) is 4.74 Å². The molecule has 3 heteroatoms. The molecule has 0 aromatic heterocycles. The molecule has 0 aromatic rings. The highest BCUT2D eigenvalue weighted by Gasteiger charge is 2.17. The van der Waals surface area contributed by atoms with Gasteiger partial charge in [-0.3, -0.25) is 4.90 Å². The van der Waals surface area contributed by atoms with E-state index in [1.54, 1.807) is 7.11 Å². The summed E-state index contributed by atoms with van der Waals surface area (Å²) >= 11 is 0. The fourth-order valence-corrected chi connectivity index (χ4v) is 1.99. The van der Waals surface area contributed by atoms with Crippen LogP contribution in [0.25, 0.3) is 0 Å². The zero-order valence-corrected chi connectivity index (χ0v) is 9.75. The summed E-state index contributed by atoms with van der Waals surface area (Å²) in [5.41, 5.74) is 0. The lowest BCUT2D eigenvalue weighted by molar-refractivity contribution is 0.164. The number of methoxy groups -OCH3 is 1. The first-order valence-electron chi connectivity index (χ1n) is 5.70. The Morgan fingerprint density at radius 3 is 2.50 bits per heavy atom. The SMILES string of the molecule is COCC(C)NCC(C)N1CCCC1. The number of nitrogens with zero attached hydrogens (tertiary/aromatic N) is 1. The molecular weight excluding hydrogens is 176 g/mol. The minimum atomic E-state index is 0.463. The highest BCUT2D eigenvalue weighted by molar-refractivity contribution is 4.75. The van der Waals surface area contributed by atoms with Gasteiger partial charge in [0.1, 0.15) is 0 Å². The van der Waals surface area contributed by atoms with Crippen LogP contribution in [0.2, 0.25) is 0 Å². The summed E-state index contributed by atoms with van der Waals surface area (Å²) < 4.78 is 5.09. The highest BCUT2D eigenvalue weighted by Crippen LogP contribution is 2.10. The molecule has 0 spiro atoms. The van der Waals surface area contributed by atoms with Gasteiger partial charge in [0.15, 0.2) is 0 Å². The highest BCUT2D eigenvalue weighted by atomic mass is 16.5. The Morgan fingerprint density at radius 1 is 1.29 bits per heavy atom. The molecule has 1 saturated heterocycles. The van der Waals surface area contributed by atoms with Gasteiger partial charge >= 0.3 is 0 Å². The molecule has 1 heterocycles. The maximum atomic E-state index is 5.09. The molecule has 0 saturated carbocycles. The quantitative estimate of drug-likeness (QED) is 0.695. The van der Waals surface area contributed by atoms with Crippen LogP contribution in [0.4, 0.5) is 0 Å². The first kappa shape index (κ1) is 12.0. The number of ether oxygens (including phenoxy) is 1. The van der Waals surface area contributed by atoms with Gasteiger partial charge in [-0.05, 0) is 39.8 Å². The van der Waals surface area contributed by atoms with E-state index >= 15 is 0 Å². The Bertz CT molecular complexity index is 146. The predicted octanol–water partition coefficient (Wildman–Crippen LogP) is 1.10. The summed E-state index contributed by atoms with van der Waals surface area (Å²) in [6.45, 7) is 8.90. The molecule has 3 nitrogen and oxygen atoms in total. The number of rotatable bonds is 6. The average molecular weight is 200 g/mol. The number of hydrogen-bond donors (Lipinski definition) is 1. The molecule has 1 rings (SSSR count). The van der Waals surface area contributed by atoms with Crippen LogP contribution in [0.15, 0.2) is 0 Å². The van der Waals surface area contributed by atoms with Crippen molar-refractivity contribution in [2.24, 2.45) is 0 Å². The first-order chi connectivity index (χ1) is 6.74. The lowest BCUT2D eigenvalue weighted by Gasteiger charge is -2.25. The fraction of sp³-hybridized carbons (Fsp3) is 1.00. The standard InChI is InChI=1S/C11H24N2O/c1-10(9-14-3)12-8-11(2)13-6-4-5-7-13/h10-12H,4-9H2,1-3H3. The molecule has 84 valence electrons. The molecule has 2 unspecified atom stereocenters. The second-order valence-electron chi connectivity index (χ2n) is 4.36. The van der Waals surface area contributed by atoms with Gasteiger partial charge in [-0.1, -0.05) is 0 Å². The summed E-state index contributed by atoms with van der Waals surface area (Å²) in [6, 6.07) is 1.13. The maximum absolute atomic E-state index is 5.09. The summed E-state index contributed by atoms with van der Waals surface area (Å²) in [5.74, 6) is 0. The zero-order valence-electron chi connectivity index (χ0n) is 9.75. The van der Waals surface area contributed by atoms with Gasteiger partial charge < -0.3 is 10.1 Å². The molecule has 14 heavy (non-hydrogen) atoms. The van der Waals surface area contributed by atoms with Crippen LogP contribution in [0.3, 0.4) is 0 Å². The van der Waals surface area contributed by atoms with Gasteiger partial charge in [-0.2, -0.15) is 0 Å². The summed E-state index contributed by atoms with van der Waals surface area (Å²) in [4.78, 5) is 2.56. The van der Waals surface area contributed by atoms with Crippen molar-refractivity contribution in [3.8, 4) is 0 Å². The van der Waals surface area contributed by atoms with Gasteiger partial charge in [-0.15, -0.1) is 0 Å². The van der Waals surface area contributed by atoms with Crippen molar-refractivity contribution >= 4 is 0 Å². The molecular formula is C11H24N2O. The molecule has 1 aliphatic rings. The molecule has 0 aromatic carbocycles. The largest absolute Gasteiger partial charge is 0.383 e. The van der Waals surface area contributed by atoms with Crippen LogP contribution in [-0.2, 0) is 4.74 Å². The van der Waals surface area contributed by atoms with Crippen molar-refractivity contribution in [2.75, 3.05) is 33.4 Å². The van der Waals surface area contributed by atoms with Crippen LogP contribution >= 0.6 is 0 Å². The fourth-order valence-electron chi connectivity index (χ4n) is 1.99. The maximum Gasteiger partial charge on any atom is 0.0613 e. The smallest absolute Gasteiger partial charge is 0.0613 e. The second-order valence-corrected chi connectivity index (χ2v) is 4.36. The molecule has 0 radical (unpaired) electrons. The molecule has 1 aliphatic heterocycles. The Hall–Kier alpha value is -0.120. The van der Waals surface area contributed by atoms with Gasteiger partial charge in [0.25, 0.3) is 0 Å². The van der Waals surface area contributed by atoms with E-state index in [0.717, 1.165) is 13.2 Å². The van der Waals surface area contributed by atoms with Gasteiger partial charge in [0.05, 0.1) is 6.61 Å². The third-order valence-electron chi connectivity index (χ3n) is 2.94. The molecule has 2 atom stereocenters. The summed E-state index contributed by atoms with van der Waals surface area (Å²) in [7, 11) is 1.75. The monoisotopic (exact) mass is 200 g/mol. The van der Waals surface area contributed by atoms with Crippen molar-refractivity contribution < 1.29 is 4.74 Å². The van der Waals surface area contributed by atoms with E-state index in [2.05, 4.69) is 24.1 Å². The molecule has 0 bridgehead atoms. The lowest BCUT2D eigenvalue weighted by atomic mass is 10.2. The van der Waals surface area contributed by atoms with Crippen molar-refractivity contribution in [1.82, 2.24) is 10.2 Å². The van der Waals surface area contributed by atoms with Crippen molar-refractivity contribution in [3.05, 3.63) is 0 Å². The van der Waals surface area contributed by atoms with Crippen LogP contribution < -0.4 is 5.32 Å². The van der Waals surface area contributed by atoms with E-state index < -0.39 is 0 Å². The van der Waals surface area contributed by atoms with E-state index in [-0.39, 0.29) is 0 Å². The van der Waals surface area contributed by atoms with Crippen molar-refractivity contribution in [1.29, 1.82) is 0 Å². The van der Waals surface area contributed by atoms with Crippen LogP contribution in [0.1, 0.15) is 26.7 Å². The van der Waals surface area contributed by atoms with E-state index in [0.29, 0.717) is 12.1 Å². The average Bonchev–Trinajstić information content (AvgIpc) is 2.67. The van der Waals surface area contributed by atoms with E-state index in [1.165, 1.54) is 25.9 Å². The second kappa shape index (κ2) is 6.38. The Labute approximate surface area is 87.8 Å². The first-order valence-corrected chi connectivity index (χ1v) is 5.70. The van der Waals surface area contributed by atoms with Gasteiger partial charge in [0, 0.05) is 25.7 Å². The van der Waals surface area contributed by atoms with Crippen LogP contribution in [0, 0.1) is 0 Å². The van der Waals surface area contributed by atoms with Gasteiger partial charge in [0.2, 0.25) is 0 Å². The summed E-state index contributed by atoms with van der Waals surface area (Å²) in [6.07, 6.45) is 2.75. The Balaban J connectivity index is 2.10. The normalized spacial score (nSPS) is 22.5. The Kier molecular flexibility index (Phi) is 5.45. The number of hydrogen-bond acceptors (Lipinski definition) is 3. The Morgan fingerprint density at radius 2 is 1.93 bits per heavy atom. The summed E-state index contributed by atoms with van der Waals surface area (Å²) in [5, 5.41) is 3.49. The predicted molar refractivity (Wildman–Crippen MR) is 59.6 cm³/mol. The van der Waals surface area contributed by atoms with Crippen molar-refractivity contribution in [3.63, 3.8) is 0 Å². The molecule has 0 aliphatic carbocycles. The van der Waals surface area contributed by atoms with E-state index in [1.807, 2.05) is 0 Å². The lowest BCUT2D eigenvalue weighted by Crippen LogP contribution is -2.42.